The molecule has 14 heavy (non-hydrogen) atoms. The Morgan fingerprint density at radius 3 is 1.79 bits per heavy atom. The van der Waals surface area contributed by atoms with Crippen molar-refractivity contribution in [3.05, 3.63) is 11.3 Å². The van der Waals surface area contributed by atoms with E-state index in [1.165, 1.54) is 13.1 Å². The maximum absolute atomic E-state index is 2.59. The number of rotatable bonds is 6. The molecule has 0 radical (unpaired) electrons. The molecule has 2 heteroatoms. The van der Waals surface area contributed by atoms with Gasteiger partial charge < -0.3 is 4.57 Å². The average molecular weight is 213 g/mol. The van der Waals surface area contributed by atoms with Crippen LogP contribution in [0.3, 0.4) is 0 Å². The van der Waals surface area contributed by atoms with Gasteiger partial charge in [0.15, 0.2) is 0 Å². The minimum atomic E-state index is -0.136. The standard InChI is InChI=1S/C12H27NSi/c1-7-13(8-2)14-9-12(10(3)4)11(5)6/h9-11H,7-8,14H2,1-6H3. The van der Waals surface area contributed by atoms with Gasteiger partial charge in [-0.2, -0.15) is 0 Å². The third-order valence-electron chi connectivity index (χ3n) is 2.81. The quantitative estimate of drug-likeness (QED) is 0.613. The van der Waals surface area contributed by atoms with E-state index in [1.54, 1.807) is 5.57 Å². The monoisotopic (exact) mass is 213 g/mol. The minimum absolute atomic E-state index is 0.136. The van der Waals surface area contributed by atoms with Gasteiger partial charge in [0, 0.05) is 0 Å². The molecule has 0 aliphatic rings. The Labute approximate surface area is 92.5 Å². The lowest BCUT2D eigenvalue weighted by molar-refractivity contribution is 0.497. The van der Waals surface area contributed by atoms with E-state index in [4.69, 9.17) is 0 Å². The molecule has 0 aromatic rings. The van der Waals surface area contributed by atoms with Crippen molar-refractivity contribution in [2.75, 3.05) is 13.1 Å². The summed E-state index contributed by atoms with van der Waals surface area (Å²) >= 11 is 0. The lowest BCUT2D eigenvalue weighted by atomic mass is 9.95. The summed E-state index contributed by atoms with van der Waals surface area (Å²) in [6, 6.07) is 0. The van der Waals surface area contributed by atoms with E-state index in [0.717, 1.165) is 11.8 Å². The lowest BCUT2D eigenvalue weighted by Crippen LogP contribution is -2.26. The van der Waals surface area contributed by atoms with Crippen LogP contribution in [0.4, 0.5) is 0 Å². The SMILES string of the molecule is CCN(CC)[SiH2]C=C(C(C)C)C(C)C. The summed E-state index contributed by atoms with van der Waals surface area (Å²) in [5.74, 6) is 1.44. The maximum atomic E-state index is 2.59. The molecule has 0 fully saturated rings. The van der Waals surface area contributed by atoms with Crippen molar-refractivity contribution in [1.29, 1.82) is 0 Å². The van der Waals surface area contributed by atoms with E-state index in [1.807, 2.05) is 0 Å². The first kappa shape index (κ1) is 13.9. The van der Waals surface area contributed by atoms with Gasteiger partial charge in [0.05, 0.1) is 0 Å². The number of allylic oxidation sites excluding steroid dienone is 1. The van der Waals surface area contributed by atoms with E-state index in [9.17, 15) is 0 Å². The number of nitrogens with zero attached hydrogens (tertiary/aromatic N) is 1. The zero-order valence-electron chi connectivity index (χ0n) is 10.8. The van der Waals surface area contributed by atoms with Crippen molar-refractivity contribution in [2.24, 2.45) is 11.8 Å². The molecule has 0 bridgehead atoms. The molecule has 0 N–H and O–H groups in total. The molecule has 0 unspecified atom stereocenters. The van der Waals surface area contributed by atoms with Crippen LogP contribution in [0.25, 0.3) is 0 Å². The molecule has 0 atom stereocenters. The van der Waals surface area contributed by atoms with Gasteiger partial charge in [0.1, 0.15) is 9.68 Å². The highest BCUT2D eigenvalue weighted by molar-refractivity contribution is 6.39. The molecule has 0 heterocycles. The van der Waals surface area contributed by atoms with E-state index < -0.39 is 0 Å². The first-order valence-corrected chi connectivity index (χ1v) is 7.40. The topological polar surface area (TPSA) is 3.24 Å². The first-order chi connectivity index (χ1) is 6.52. The Kier molecular flexibility index (Phi) is 7.20. The second-order valence-electron chi connectivity index (χ2n) is 4.50. The van der Waals surface area contributed by atoms with Gasteiger partial charge in [-0.15, -0.1) is 0 Å². The van der Waals surface area contributed by atoms with Crippen LogP contribution in [0.15, 0.2) is 11.3 Å². The van der Waals surface area contributed by atoms with E-state index in [2.05, 4.69) is 51.8 Å². The summed E-state index contributed by atoms with van der Waals surface area (Å²) in [4.78, 5) is 0. The molecule has 0 amide bonds. The van der Waals surface area contributed by atoms with Crippen molar-refractivity contribution >= 4 is 9.68 Å². The zero-order valence-corrected chi connectivity index (χ0v) is 12.2. The van der Waals surface area contributed by atoms with Gasteiger partial charge >= 0.3 is 0 Å². The molecule has 0 aliphatic carbocycles. The summed E-state index contributed by atoms with van der Waals surface area (Å²) in [6.07, 6.45) is 0. The van der Waals surface area contributed by atoms with E-state index in [-0.39, 0.29) is 9.68 Å². The second kappa shape index (κ2) is 7.24. The lowest BCUT2D eigenvalue weighted by Gasteiger charge is -2.19. The number of hydrogen-bond acceptors (Lipinski definition) is 1. The highest BCUT2D eigenvalue weighted by Gasteiger charge is 2.08. The van der Waals surface area contributed by atoms with Gasteiger partial charge in [0.2, 0.25) is 0 Å². The van der Waals surface area contributed by atoms with Gasteiger partial charge in [-0.05, 0) is 24.9 Å². The summed E-state index contributed by atoms with van der Waals surface area (Å²) < 4.78 is 2.59. The summed E-state index contributed by atoms with van der Waals surface area (Å²) in [6.45, 7) is 16.2. The predicted octanol–water partition coefficient (Wildman–Crippen LogP) is 2.61. The Balaban J connectivity index is 4.28. The molecular weight excluding hydrogens is 186 g/mol. The fourth-order valence-corrected chi connectivity index (χ4v) is 3.78. The normalized spacial score (nSPS) is 12.4. The zero-order chi connectivity index (χ0) is 11.1. The summed E-state index contributed by atoms with van der Waals surface area (Å²) in [5.41, 5.74) is 4.21. The fraction of sp³-hybridized carbons (Fsp3) is 0.833. The van der Waals surface area contributed by atoms with Gasteiger partial charge in [-0.25, -0.2) is 0 Å². The van der Waals surface area contributed by atoms with Crippen LogP contribution in [-0.2, 0) is 0 Å². The minimum Gasteiger partial charge on any atom is -0.326 e. The van der Waals surface area contributed by atoms with Crippen molar-refractivity contribution in [3.63, 3.8) is 0 Å². The van der Waals surface area contributed by atoms with Gasteiger partial charge in [0.25, 0.3) is 0 Å². The molecule has 0 aromatic carbocycles. The third-order valence-corrected chi connectivity index (χ3v) is 4.88. The molecule has 84 valence electrons. The molecule has 0 spiro atoms. The van der Waals surface area contributed by atoms with Crippen LogP contribution in [-0.4, -0.2) is 27.3 Å². The van der Waals surface area contributed by atoms with Crippen LogP contribution in [0, 0.1) is 11.8 Å². The van der Waals surface area contributed by atoms with Crippen LogP contribution in [0.5, 0.6) is 0 Å². The van der Waals surface area contributed by atoms with Crippen LogP contribution >= 0.6 is 0 Å². The summed E-state index contributed by atoms with van der Waals surface area (Å²) in [5, 5.41) is 0. The Morgan fingerprint density at radius 2 is 1.50 bits per heavy atom. The van der Waals surface area contributed by atoms with Crippen LogP contribution in [0.2, 0.25) is 0 Å². The highest BCUT2D eigenvalue weighted by Crippen LogP contribution is 2.18. The average Bonchev–Trinajstić information content (AvgIpc) is 2.11. The molecular formula is C12H27NSi. The first-order valence-electron chi connectivity index (χ1n) is 5.95. The van der Waals surface area contributed by atoms with E-state index in [0.29, 0.717) is 0 Å². The molecule has 0 rings (SSSR count). The second-order valence-corrected chi connectivity index (χ2v) is 6.17. The third kappa shape index (κ3) is 4.96. The molecule has 0 aromatic heterocycles. The van der Waals surface area contributed by atoms with Crippen molar-refractivity contribution < 1.29 is 0 Å². The molecule has 0 saturated carbocycles. The molecule has 0 saturated heterocycles. The fourth-order valence-electron chi connectivity index (χ4n) is 1.85. The molecule has 0 aliphatic heterocycles. The molecule has 1 nitrogen and oxygen atoms in total. The Bertz CT molecular complexity index is 159. The van der Waals surface area contributed by atoms with Gasteiger partial charge in [-0.3, -0.25) is 0 Å². The van der Waals surface area contributed by atoms with E-state index >= 15 is 0 Å². The Hall–Kier alpha value is -0.0831. The summed E-state index contributed by atoms with van der Waals surface area (Å²) in [7, 11) is -0.136. The van der Waals surface area contributed by atoms with Crippen molar-refractivity contribution in [3.8, 4) is 0 Å². The highest BCUT2D eigenvalue weighted by atomic mass is 28.2. The van der Waals surface area contributed by atoms with Crippen molar-refractivity contribution in [2.45, 2.75) is 41.5 Å². The Morgan fingerprint density at radius 1 is 1.07 bits per heavy atom. The van der Waals surface area contributed by atoms with Crippen molar-refractivity contribution in [1.82, 2.24) is 4.57 Å². The predicted molar refractivity (Wildman–Crippen MR) is 69.2 cm³/mol. The van der Waals surface area contributed by atoms with Gasteiger partial charge in [-0.1, -0.05) is 52.8 Å². The van der Waals surface area contributed by atoms with Crippen LogP contribution in [0.1, 0.15) is 41.5 Å². The number of hydrogen-bond donors (Lipinski definition) is 0. The smallest absolute Gasteiger partial charge is 0.119 e. The van der Waals surface area contributed by atoms with Crippen LogP contribution < -0.4 is 0 Å². The largest absolute Gasteiger partial charge is 0.326 e. The maximum Gasteiger partial charge on any atom is 0.119 e.